The summed E-state index contributed by atoms with van der Waals surface area (Å²) < 4.78 is 28.7. The van der Waals surface area contributed by atoms with Gasteiger partial charge >= 0.3 is 0 Å². The van der Waals surface area contributed by atoms with E-state index in [0.29, 0.717) is 10.7 Å². The molecule has 0 aliphatic rings. The van der Waals surface area contributed by atoms with Crippen molar-refractivity contribution in [2.24, 2.45) is 0 Å². The van der Waals surface area contributed by atoms with Gasteiger partial charge in [-0.3, -0.25) is 9.20 Å². The van der Waals surface area contributed by atoms with E-state index in [-0.39, 0.29) is 5.69 Å². The van der Waals surface area contributed by atoms with Crippen LogP contribution in [0.2, 0.25) is 0 Å². The van der Waals surface area contributed by atoms with Gasteiger partial charge in [0.05, 0.1) is 11.4 Å². The molecule has 0 aliphatic carbocycles. The summed E-state index contributed by atoms with van der Waals surface area (Å²) in [5, 5.41) is 4.04. The molecule has 1 N–H and O–H groups in total. The molecule has 0 bridgehead atoms. The van der Waals surface area contributed by atoms with Crippen molar-refractivity contribution in [3.8, 4) is 11.3 Å². The van der Waals surface area contributed by atoms with Gasteiger partial charge in [0.2, 0.25) is 0 Å². The summed E-state index contributed by atoms with van der Waals surface area (Å²) in [6.45, 7) is 2.00. The number of rotatable bonds is 3. The van der Waals surface area contributed by atoms with Gasteiger partial charge in [-0.1, -0.05) is 29.8 Å². The lowest BCUT2D eigenvalue weighted by atomic mass is 10.1. The topological polar surface area (TPSA) is 46.4 Å². The second-order valence-electron chi connectivity index (χ2n) is 5.84. The quantitative estimate of drug-likeness (QED) is 0.558. The minimum Gasteiger partial charge on any atom is -0.318 e. The number of nitrogens with zero attached hydrogens (tertiary/aromatic N) is 2. The molecule has 130 valence electrons. The Morgan fingerprint density at radius 2 is 1.92 bits per heavy atom. The number of carbonyl (C=O) groups excluding carboxylic acids is 1. The van der Waals surface area contributed by atoms with Gasteiger partial charge in [-0.05, 0) is 19.1 Å². The summed E-state index contributed by atoms with van der Waals surface area (Å²) in [4.78, 5) is 17.7. The van der Waals surface area contributed by atoms with Crippen molar-refractivity contribution in [3.05, 3.63) is 76.9 Å². The first-order valence-corrected chi connectivity index (χ1v) is 8.69. The Labute approximate surface area is 151 Å². The predicted octanol–water partition coefficient (Wildman–Crippen LogP) is 4.90. The van der Waals surface area contributed by atoms with Crippen LogP contribution in [0.5, 0.6) is 0 Å². The maximum atomic E-state index is 13.7. The number of amides is 1. The second-order valence-corrected chi connectivity index (χ2v) is 6.68. The van der Waals surface area contributed by atoms with Crippen LogP contribution >= 0.6 is 11.3 Å². The summed E-state index contributed by atoms with van der Waals surface area (Å²) >= 11 is 1.30. The number of hydrogen-bond donors (Lipinski definition) is 1. The van der Waals surface area contributed by atoms with E-state index in [4.69, 9.17) is 0 Å². The normalized spacial score (nSPS) is 11.0. The number of benzene rings is 2. The highest BCUT2D eigenvalue weighted by Gasteiger charge is 2.17. The number of hydrogen-bond acceptors (Lipinski definition) is 3. The Morgan fingerprint density at radius 1 is 1.15 bits per heavy atom. The van der Waals surface area contributed by atoms with Gasteiger partial charge in [-0.15, -0.1) is 11.3 Å². The molecule has 0 saturated heterocycles. The van der Waals surface area contributed by atoms with Gasteiger partial charge in [-0.2, -0.15) is 0 Å². The van der Waals surface area contributed by atoms with Crippen LogP contribution in [-0.2, 0) is 0 Å². The maximum absolute atomic E-state index is 13.7. The van der Waals surface area contributed by atoms with Crippen LogP contribution in [0.25, 0.3) is 16.2 Å². The molecule has 2 heterocycles. The predicted molar refractivity (Wildman–Crippen MR) is 97.6 cm³/mol. The van der Waals surface area contributed by atoms with Crippen molar-refractivity contribution in [3.63, 3.8) is 0 Å². The Morgan fingerprint density at radius 3 is 2.69 bits per heavy atom. The number of halogens is 2. The zero-order chi connectivity index (χ0) is 18.3. The molecular weight excluding hydrogens is 356 g/mol. The van der Waals surface area contributed by atoms with E-state index in [1.54, 1.807) is 16.0 Å². The number of aryl methyl sites for hydroxylation is 1. The summed E-state index contributed by atoms with van der Waals surface area (Å²) in [6.07, 6.45) is 1.76. The Balaban J connectivity index is 1.67. The van der Waals surface area contributed by atoms with E-state index in [1.807, 2.05) is 31.2 Å². The van der Waals surface area contributed by atoms with Gasteiger partial charge in [0.1, 0.15) is 17.3 Å². The highest BCUT2D eigenvalue weighted by atomic mass is 32.1. The lowest BCUT2D eigenvalue weighted by molar-refractivity contribution is 0.102. The third-order valence-corrected chi connectivity index (χ3v) is 4.81. The number of anilines is 1. The standard InChI is InChI=1S/C19H13F2N3OS/c1-11-2-4-12(5-3-11)16-9-24-17(10-26-19(24)23-16)18(25)22-15-8-13(20)6-7-14(15)21/h2-10H,1H3,(H,22,25). The van der Waals surface area contributed by atoms with Crippen LogP contribution in [0.3, 0.4) is 0 Å². The van der Waals surface area contributed by atoms with Crippen molar-refractivity contribution in [2.45, 2.75) is 6.92 Å². The smallest absolute Gasteiger partial charge is 0.273 e. The average Bonchev–Trinajstić information content (AvgIpc) is 3.19. The Hall–Kier alpha value is -3.06. The van der Waals surface area contributed by atoms with Crippen molar-refractivity contribution < 1.29 is 13.6 Å². The first-order valence-electron chi connectivity index (χ1n) is 7.81. The molecule has 0 fully saturated rings. The summed E-state index contributed by atoms with van der Waals surface area (Å²) in [6, 6.07) is 10.8. The molecule has 26 heavy (non-hydrogen) atoms. The molecule has 1 amide bonds. The number of carbonyl (C=O) groups is 1. The lowest BCUT2D eigenvalue weighted by Gasteiger charge is -2.05. The van der Waals surface area contributed by atoms with E-state index in [0.717, 1.165) is 35.0 Å². The van der Waals surface area contributed by atoms with E-state index in [2.05, 4.69) is 10.3 Å². The third-order valence-electron chi connectivity index (χ3n) is 3.97. The molecule has 0 spiro atoms. The molecule has 4 nitrogen and oxygen atoms in total. The van der Waals surface area contributed by atoms with Gasteiger partial charge in [0.15, 0.2) is 4.96 Å². The van der Waals surface area contributed by atoms with Crippen LogP contribution in [-0.4, -0.2) is 15.3 Å². The highest BCUT2D eigenvalue weighted by molar-refractivity contribution is 7.15. The summed E-state index contributed by atoms with van der Waals surface area (Å²) in [5.41, 5.74) is 2.93. The van der Waals surface area contributed by atoms with Gasteiger partial charge in [0, 0.05) is 23.2 Å². The molecule has 0 saturated carbocycles. The molecule has 0 atom stereocenters. The monoisotopic (exact) mass is 369 g/mol. The van der Waals surface area contributed by atoms with Crippen molar-refractivity contribution >= 4 is 27.9 Å². The van der Waals surface area contributed by atoms with Crippen LogP contribution in [0.15, 0.2) is 54.0 Å². The summed E-state index contributed by atoms with van der Waals surface area (Å²) in [7, 11) is 0. The number of imidazole rings is 1. The number of thiazole rings is 1. The molecule has 2 aromatic carbocycles. The average molecular weight is 369 g/mol. The van der Waals surface area contributed by atoms with Crippen molar-refractivity contribution in [1.82, 2.24) is 9.38 Å². The lowest BCUT2D eigenvalue weighted by Crippen LogP contribution is -2.15. The third kappa shape index (κ3) is 2.97. The molecule has 4 aromatic rings. The van der Waals surface area contributed by atoms with E-state index in [1.165, 1.54) is 11.3 Å². The Kier molecular flexibility index (Phi) is 4.00. The number of fused-ring (bicyclic) bond motifs is 1. The maximum Gasteiger partial charge on any atom is 0.273 e. The van der Waals surface area contributed by atoms with Gasteiger partial charge < -0.3 is 5.32 Å². The molecule has 0 aliphatic heterocycles. The van der Waals surface area contributed by atoms with Crippen LogP contribution in [0.1, 0.15) is 16.1 Å². The minimum atomic E-state index is -0.697. The first kappa shape index (κ1) is 16.4. The Bertz CT molecular complexity index is 1120. The molecule has 0 unspecified atom stereocenters. The molecule has 4 rings (SSSR count). The highest BCUT2D eigenvalue weighted by Crippen LogP contribution is 2.25. The largest absolute Gasteiger partial charge is 0.318 e. The molecular formula is C19H13F2N3OS. The van der Waals surface area contributed by atoms with E-state index in [9.17, 15) is 13.6 Å². The molecule has 2 aromatic heterocycles. The van der Waals surface area contributed by atoms with Gasteiger partial charge in [0.25, 0.3) is 5.91 Å². The minimum absolute atomic E-state index is 0.201. The summed E-state index contributed by atoms with van der Waals surface area (Å²) in [5.74, 6) is -1.85. The second kappa shape index (κ2) is 6.34. The first-order chi connectivity index (χ1) is 12.5. The van der Waals surface area contributed by atoms with E-state index >= 15 is 0 Å². The SMILES string of the molecule is Cc1ccc(-c2cn3c(C(=O)Nc4cc(F)ccc4F)csc3n2)cc1. The van der Waals surface area contributed by atoms with Crippen LogP contribution in [0.4, 0.5) is 14.5 Å². The van der Waals surface area contributed by atoms with E-state index < -0.39 is 17.5 Å². The number of aromatic nitrogens is 2. The van der Waals surface area contributed by atoms with Crippen LogP contribution in [0, 0.1) is 18.6 Å². The van der Waals surface area contributed by atoms with Crippen molar-refractivity contribution in [2.75, 3.05) is 5.32 Å². The zero-order valence-electron chi connectivity index (χ0n) is 13.7. The number of nitrogens with one attached hydrogen (secondary N) is 1. The zero-order valence-corrected chi connectivity index (χ0v) is 14.5. The molecule has 7 heteroatoms. The van der Waals surface area contributed by atoms with Crippen LogP contribution < -0.4 is 5.32 Å². The fraction of sp³-hybridized carbons (Fsp3) is 0.0526. The fourth-order valence-electron chi connectivity index (χ4n) is 2.59. The van der Waals surface area contributed by atoms with Gasteiger partial charge in [-0.25, -0.2) is 13.8 Å². The molecule has 0 radical (unpaired) electrons. The van der Waals surface area contributed by atoms with Crippen molar-refractivity contribution in [1.29, 1.82) is 0 Å². The fourth-order valence-corrected chi connectivity index (χ4v) is 3.44.